The standard InChI is InChI=1S/C32H34N3O3S/c1-2-24-22-35(21-23-12-14-27(15-13-23)39(37,38)34-26-8-4-3-5-9-26)19-17-25(24)20-31(35)32(36)29-16-18-33-30-11-7-6-10-28(29)30/h2-16,18,24-25,31-32,34,36H,1,17,19-22H2/q+1/t24?,25?,31-,32+,35?/m0/s1. The third kappa shape index (κ3) is 4.86. The molecule has 3 saturated heterocycles. The zero-order valence-corrected chi connectivity index (χ0v) is 22.7. The number of anilines is 1. The topological polar surface area (TPSA) is 79.3 Å². The highest BCUT2D eigenvalue weighted by molar-refractivity contribution is 7.92. The Morgan fingerprint density at radius 2 is 1.77 bits per heavy atom. The number of nitrogens with zero attached hydrogens (tertiary/aromatic N) is 2. The smallest absolute Gasteiger partial charge is 0.261 e. The van der Waals surface area contributed by atoms with Crippen molar-refractivity contribution >= 4 is 26.6 Å². The summed E-state index contributed by atoms with van der Waals surface area (Å²) < 4.78 is 29.3. The molecule has 0 spiro atoms. The molecule has 2 N–H and O–H groups in total. The molecule has 3 fully saturated rings. The zero-order valence-electron chi connectivity index (χ0n) is 21.9. The molecule has 4 aromatic rings. The number of hydrogen-bond acceptors (Lipinski definition) is 4. The molecule has 4 heterocycles. The number of quaternary nitrogens is 1. The van der Waals surface area contributed by atoms with Crippen LogP contribution in [0.1, 0.15) is 30.1 Å². The Bertz CT molecular complexity index is 1590. The molecule has 7 heteroatoms. The lowest BCUT2D eigenvalue weighted by Crippen LogP contribution is -2.67. The van der Waals surface area contributed by atoms with Crippen LogP contribution in [0.25, 0.3) is 10.9 Å². The lowest BCUT2D eigenvalue weighted by molar-refractivity contribution is -0.984. The first-order chi connectivity index (χ1) is 18.9. The number of aliphatic hydroxyl groups is 1. The van der Waals surface area contributed by atoms with E-state index < -0.39 is 16.1 Å². The highest BCUT2D eigenvalue weighted by Crippen LogP contribution is 2.48. The minimum Gasteiger partial charge on any atom is -0.382 e. The lowest BCUT2D eigenvalue weighted by Gasteiger charge is -2.58. The summed E-state index contributed by atoms with van der Waals surface area (Å²) in [5.74, 6) is 0.929. The number of benzene rings is 3. The Morgan fingerprint density at radius 3 is 2.54 bits per heavy atom. The monoisotopic (exact) mass is 540 g/mol. The molecule has 7 rings (SSSR count). The van der Waals surface area contributed by atoms with Crippen molar-refractivity contribution in [2.75, 3.05) is 17.8 Å². The second kappa shape index (κ2) is 10.2. The van der Waals surface area contributed by atoms with Crippen LogP contribution in [0.2, 0.25) is 0 Å². The molecule has 5 atom stereocenters. The summed E-state index contributed by atoms with van der Waals surface area (Å²) in [4.78, 5) is 4.73. The number of sulfonamides is 1. The summed E-state index contributed by atoms with van der Waals surface area (Å²) in [6.07, 6.45) is 5.29. The molecular formula is C32H34N3O3S+. The van der Waals surface area contributed by atoms with E-state index >= 15 is 0 Å². The minimum absolute atomic E-state index is 0.0360. The van der Waals surface area contributed by atoms with Gasteiger partial charge in [-0.05, 0) is 47.9 Å². The van der Waals surface area contributed by atoms with Crippen molar-refractivity contribution in [2.45, 2.75) is 36.4 Å². The first-order valence-corrected chi connectivity index (χ1v) is 15.0. The molecule has 3 aliphatic heterocycles. The van der Waals surface area contributed by atoms with Gasteiger partial charge in [0.1, 0.15) is 18.7 Å². The Kier molecular flexibility index (Phi) is 6.75. The van der Waals surface area contributed by atoms with Crippen LogP contribution in [0, 0.1) is 11.8 Å². The van der Waals surface area contributed by atoms with Gasteiger partial charge in [-0.3, -0.25) is 9.71 Å². The van der Waals surface area contributed by atoms with Gasteiger partial charge >= 0.3 is 0 Å². The van der Waals surface area contributed by atoms with Crippen LogP contribution < -0.4 is 4.72 Å². The molecule has 39 heavy (non-hydrogen) atoms. The van der Waals surface area contributed by atoms with Gasteiger partial charge in [-0.2, -0.15) is 0 Å². The number of pyridine rings is 1. The summed E-state index contributed by atoms with van der Waals surface area (Å²) in [6.45, 7) is 6.77. The number of aliphatic hydroxyl groups excluding tert-OH is 1. The van der Waals surface area contributed by atoms with Gasteiger partial charge in [0.15, 0.2) is 0 Å². The van der Waals surface area contributed by atoms with Crippen molar-refractivity contribution in [3.8, 4) is 0 Å². The second-order valence-corrected chi connectivity index (χ2v) is 12.7. The van der Waals surface area contributed by atoms with Gasteiger partial charge in [0, 0.05) is 41.6 Å². The molecule has 0 radical (unpaired) electrons. The van der Waals surface area contributed by atoms with Crippen LogP contribution >= 0.6 is 0 Å². The maximum absolute atomic E-state index is 13.0. The van der Waals surface area contributed by atoms with Gasteiger partial charge in [0.25, 0.3) is 10.0 Å². The number of hydrogen-bond donors (Lipinski definition) is 2. The molecule has 3 unspecified atom stereocenters. The van der Waals surface area contributed by atoms with Crippen molar-refractivity contribution < 1.29 is 18.0 Å². The molecular weight excluding hydrogens is 506 g/mol. The fraction of sp³-hybridized carbons (Fsp3) is 0.281. The van der Waals surface area contributed by atoms with Crippen LogP contribution in [0.5, 0.6) is 0 Å². The van der Waals surface area contributed by atoms with Crippen molar-refractivity contribution in [3.05, 3.63) is 115 Å². The van der Waals surface area contributed by atoms with Crippen molar-refractivity contribution in [3.63, 3.8) is 0 Å². The predicted molar refractivity (Wildman–Crippen MR) is 154 cm³/mol. The summed E-state index contributed by atoms with van der Waals surface area (Å²) in [5.41, 5.74) is 3.42. The van der Waals surface area contributed by atoms with Crippen LogP contribution in [-0.4, -0.2) is 42.1 Å². The lowest BCUT2D eigenvalue weighted by atomic mass is 9.71. The molecule has 0 aliphatic carbocycles. The van der Waals surface area contributed by atoms with Gasteiger partial charge in [0.2, 0.25) is 0 Å². The SMILES string of the molecule is C=CC1C[N+]2(Cc3ccc(S(=O)(=O)Nc4ccccc4)cc3)CCC1C[C@H]2[C@H](O)c1ccnc2ccccc12. The minimum atomic E-state index is -3.68. The van der Waals surface area contributed by atoms with Crippen LogP contribution in [0.15, 0.2) is 109 Å². The van der Waals surface area contributed by atoms with Crippen molar-refractivity contribution in [1.82, 2.24) is 4.98 Å². The van der Waals surface area contributed by atoms with Crippen LogP contribution in [0.4, 0.5) is 5.69 Å². The Balaban J connectivity index is 1.30. The number of rotatable bonds is 8. The van der Waals surface area contributed by atoms with Gasteiger partial charge < -0.3 is 9.59 Å². The molecule has 6 nitrogen and oxygen atoms in total. The average Bonchev–Trinajstić information content (AvgIpc) is 2.97. The van der Waals surface area contributed by atoms with E-state index in [2.05, 4.69) is 22.4 Å². The highest BCUT2D eigenvalue weighted by Gasteiger charge is 2.54. The quantitative estimate of drug-likeness (QED) is 0.223. The molecule has 0 amide bonds. The van der Waals surface area contributed by atoms with Gasteiger partial charge in [-0.15, -0.1) is 6.58 Å². The molecule has 3 aromatic carbocycles. The predicted octanol–water partition coefficient (Wildman–Crippen LogP) is 5.68. The Labute approximate surface area is 230 Å². The maximum atomic E-state index is 13.0. The molecule has 3 aliphatic rings. The van der Waals surface area contributed by atoms with Gasteiger partial charge in [0.05, 0.1) is 23.5 Å². The van der Waals surface area contributed by atoms with Crippen LogP contribution in [-0.2, 0) is 16.6 Å². The molecule has 1 aromatic heterocycles. The Morgan fingerprint density at radius 1 is 1.03 bits per heavy atom. The summed E-state index contributed by atoms with van der Waals surface area (Å²) in [5, 5.41) is 12.9. The van der Waals surface area contributed by atoms with E-state index in [1.807, 2.05) is 48.5 Å². The zero-order chi connectivity index (χ0) is 27.0. The van der Waals surface area contributed by atoms with Crippen molar-refractivity contribution in [1.29, 1.82) is 0 Å². The van der Waals surface area contributed by atoms with Gasteiger partial charge in [-0.25, -0.2) is 8.42 Å². The summed E-state index contributed by atoms with van der Waals surface area (Å²) in [7, 11) is -3.68. The van der Waals surface area contributed by atoms with Gasteiger partial charge in [-0.1, -0.05) is 54.6 Å². The Hall–Kier alpha value is -3.52. The van der Waals surface area contributed by atoms with Crippen molar-refractivity contribution in [2.24, 2.45) is 11.8 Å². The van der Waals surface area contributed by atoms with E-state index in [1.165, 1.54) is 0 Å². The third-order valence-electron chi connectivity index (χ3n) is 8.80. The average molecular weight is 541 g/mol. The molecule has 2 bridgehead atoms. The number of para-hydroxylation sites is 2. The summed E-state index contributed by atoms with van der Waals surface area (Å²) >= 11 is 0. The first kappa shape index (κ1) is 25.7. The maximum Gasteiger partial charge on any atom is 0.261 e. The number of nitrogens with one attached hydrogen (secondary N) is 1. The normalized spacial score (nSPS) is 25.3. The largest absolute Gasteiger partial charge is 0.382 e. The van der Waals surface area contributed by atoms with Crippen LogP contribution in [0.3, 0.4) is 0 Å². The first-order valence-electron chi connectivity index (χ1n) is 13.6. The highest BCUT2D eigenvalue weighted by atomic mass is 32.2. The second-order valence-electron chi connectivity index (χ2n) is 11.0. The van der Waals surface area contributed by atoms with E-state index in [-0.39, 0.29) is 10.9 Å². The third-order valence-corrected chi connectivity index (χ3v) is 10.2. The van der Waals surface area contributed by atoms with E-state index in [0.717, 1.165) is 59.0 Å². The molecule has 200 valence electrons. The molecule has 0 saturated carbocycles. The van der Waals surface area contributed by atoms with E-state index in [0.29, 0.717) is 17.5 Å². The number of piperidine rings is 3. The van der Waals surface area contributed by atoms with E-state index in [9.17, 15) is 13.5 Å². The van der Waals surface area contributed by atoms with E-state index in [4.69, 9.17) is 0 Å². The fourth-order valence-corrected chi connectivity index (χ4v) is 7.88. The number of fused-ring (bicyclic) bond motifs is 4. The fourth-order valence-electron chi connectivity index (χ4n) is 6.82. The summed E-state index contributed by atoms with van der Waals surface area (Å²) in [6, 6.07) is 26.1. The number of aromatic nitrogens is 1. The van der Waals surface area contributed by atoms with E-state index in [1.54, 1.807) is 42.6 Å².